The summed E-state index contributed by atoms with van der Waals surface area (Å²) in [6.07, 6.45) is 3.14. The van der Waals surface area contributed by atoms with Crippen molar-refractivity contribution in [3.05, 3.63) is 29.8 Å². The third kappa shape index (κ3) is 1.61. The zero-order valence-electron chi connectivity index (χ0n) is 10.0. The normalized spacial score (nSPS) is 31.1. The van der Waals surface area contributed by atoms with Gasteiger partial charge >= 0.3 is 0 Å². The van der Waals surface area contributed by atoms with E-state index in [0.29, 0.717) is 0 Å². The van der Waals surface area contributed by atoms with Gasteiger partial charge in [0.05, 0.1) is 7.11 Å². The lowest BCUT2D eigenvalue weighted by atomic mass is 9.76. The van der Waals surface area contributed by atoms with Gasteiger partial charge in [0.1, 0.15) is 5.75 Å². The van der Waals surface area contributed by atoms with Crippen LogP contribution in [0.25, 0.3) is 0 Å². The predicted octanol–water partition coefficient (Wildman–Crippen LogP) is 1.86. The Morgan fingerprint density at radius 1 is 1.35 bits per heavy atom. The molecule has 2 bridgehead atoms. The van der Waals surface area contributed by atoms with Gasteiger partial charge in [-0.25, -0.2) is 0 Å². The number of hydrogen-bond acceptors (Lipinski definition) is 2. The molecule has 2 fully saturated rings. The quantitative estimate of drug-likeness (QED) is 0.843. The van der Waals surface area contributed by atoms with Crippen molar-refractivity contribution in [2.45, 2.75) is 24.7 Å². The van der Waals surface area contributed by atoms with Gasteiger partial charge in [-0.05, 0) is 37.0 Å². The third-order valence-corrected chi connectivity index (χ3v) is 4.28. The highest BCUT2D eigenvalue weighted by Gasteiger charge is 2.46. The predicted molar refractivity (Wildman–Crippen MR) is 65.0 cm³/mol. The summed E-state index contributed by atoms with van der Waals surface area (Å²) in [6, 6.07) is 8.29. The van der Waals surface area contributed by atoms with Crippen molar-refractivity contribution >= 4 is 5.91 Å². The second kappa shape index (κ2) is 3.76. The molecule has 17 heavy (non-hydrogen) atoms. The molecule has 1 aliphatic carbocycles. The van der Waals surface area contributed by atoms with E-state index < -0.39 is 0 Å². The standard InChI is InChI=1S/C14H17NO2/c1-17-12-4-2-11(3-5-12)14-7-6-10(8-14)13(16)15-9-14/h2-5,10H,6-9H2,1H3,(H,15,16). The first-order chi connectivity index (χ1) is 8.23. The number of fused-ring (bicyclic) bond motifs is 2. The van der Waals surface area contributed by atoms with E-state index in [0.717, 1.165) is 31.6 Å². The maximum Gasteiger partial charge on any atom is 0.223 e. The molecule has 0 radical (unpaired) electrons. The van der Waals surface area contributed by atoms with Gasteiger partial charge in [0.25, 0.3) is 0 Å². The van der Waals surface area contributed by atoms with Gasteiger partial charge in [0.15, 0.2) is 0 Å². The molecule has 3 rings (SSSR count). The second-order valence-corrected chi connectivity index (χ2v) is 5.17. The fourth-order valence-corrected chi connectivity index (χ4v) is 3.22. The van der Waals surface area contributed by atoms with Crippen LogP contribution in [0.3, 0.4) is 0 Å². The highest BCUT2D eigenvalue weighted by Crippen LogP contribution is 2.46. The molecule has 3 nitrogen and oxygen atoms in total. The summed E-state index contributed by atoms with van der Waals surface area (Å²) in [6.45, 7) is 0.786. The smallest absolute Gasteiger partial charge is 0.223 e. The number of amides is 1. The van der Waals surface area contributed by atoms with E-state index in [2.05, 4.69) is 17.4 Å². The summed E-state index contributed by atoms with van der Waals surface area (Å²) in [5, 5.41) is 3.04. The van der Waals surface area contributed by atoms with Crippen molar-refractivity contribution < 1.29 is 9.53 Å². The van der Waals surface area contributed by atoms with Gasteiger partial charge in [-0.3, -0.25) is 4.79 Å². The first kappa shape index (κ1) is 10.6. The summed E-state index contributed by atoms with van der Waals surface area (Å²) < 4.78 is 5.18. The average Bonchev–Trinajstić information content (AvgIpc) is 2.76. The molecule has 1 aromatic rings. The van der Waals surface area contributed by atoms with E-state index in [1.165, 1.54) is 5.56 Å². The van der Waals surface area contributed by atoms with E-state index >= 15 is 0 Å². The molecule has 1 saturated heterocycles. The molecule has 1 amide bonds. The monoisotopic (exact) mass is 231 g/mol. The molecule has 1 aliphatic heterocycles. The molecule has 3 heteroatoms. The fraction of sp³-hybridized carbons (Fsp3) is 0.500. The number of methoxy groups -OCH3 is 1. The lowest BCUT2D eigenvalue weighted by Gasteiger charge is -2.33. The van der Waals surface area contributed by atoms with Gasteiger partial charge in [-0.2, -0.15) is 0 Å². The number of ether oxygens (including phenoxy) is 1. The van der Waals surface area contributed by atoms with Crippen LogP contribution in [0.4, 0.5) is 0 Å². The Morgan fingerprint density at radius 2 is 2.12 bits per heavy atom. The molecule has 2 aliphatic rings. The van der Waals surface area contributed by atoms with Crippen LogP contribution in [0, 0.1) is 5.92 Å². The van der Waals surface area contributed by atoms with Crippen molar-refractivity contribution in [3.8, 4) is 5.75 Å². The summed E-state index contributed by atoms with van der Waals surface area (Å²) in [4.78, 5) is 11.6. The fourth-order valence-electron chi connectivity index (χ4n) is 3.22. The first-order valence-electron chi connectivity index (χ1n) is 6.16. The van der Waals surface area contributed by atoms with Crippen molar-refractivity contribution in [1.82, 2.24) is 5.32 Å². The lowest BCUT2D eigenvalue weighted by Crippen LogP contribution is -2.45. The van der Waals surface area contributed by atoms with E-state index in [1.807, 2.05) is 12.1 Å². The first-order valence-corrected chi connectivity index (χ1v) is 6.16. The summed E-state index contributed by atoms with van der Waals surface area (Å²) in [5.74, 6) is 1.36. The Balaban J connectivity index is 1.90. The van der Waals surface area contributed by atoms with Crippen LogP contribution in [0.5, 0.6) is 5.75 Å². The largest absolute Gasteiger partial charge is 0.497 e. The van der Waals surface area contributed by atoms with E-state index in [9.17, 15) is 4.79 Å². The number of carbonyl (C=O) groups is 1. The van der Waals surface area contributed by atoms with Crippen molar-refractivity contribution in [3.63, 3.8) is 0 Å². The van der Waals surface area contributed by atoms with E-state index in [4.69, 9.17) is 4.74 Å². The highest BCUT2D eigenvalue weighted by atomic mass is 16.5. The van der Waals surface area contributed by atoms with Gasteiger partial charge in [0, 0.05) is 17.9 Å². The van der Waals surface area contributed by atoms with Crippen LogP contribution < -0.4 is 10.1 Å². The van der Waals surface area contributed by atoms with Gasteiger partial charge in [0.2, 0.25) is 5.91 Å². The molecular weight excluding hydrogens is 214 g/mol. The van der Waals surface area contributed by atoms with Gasteiger partial charge < -0.3 is 10.1 Å². The Labute approximate surface area is 101 Å². The molecule has 1 aromatic carbocycles. The topological polar surface area (TPSA) is 38.3 Å². The van der Waals surface area contributed by atoms with Gasteiger partial charge in [-0.1, -0.05) is 12.1 Å². The Bertz CT molecular complexity index is 440. The maximum absolute atomic E-state index is 11.6. The molecule has 1 saturated carbocycles. The van der Waals surface area contributed by atoms with Gasteiger partial charge in [-0.15, -0.1) is 0 Å². The van der Waals surface area contributed by atoms with Crippen molar-refractivity contribution in [1.29, 1.82) is 0 Å². The summed E-state index contributed by atoms with van der Waals surface area (Å²) in [7, 11) is 1.68. The van der Waals surface area contributed by atoms with E-state index in [-0.39, 0.29) is 17.2 Å². The number of benzene rings is 1. The summed E-state index contributed by atoms with van der Waals surface area (Å²) in [5.41, 5.74) is 1.51. The molecule has 0 spiro atoms. The van der Waals surface area contributed by atoms with Crippen LogP contribution in [0.15, 0.2) is 24.3 Å². The van der Waals surface area contributed by atoms with E-state index in [1.54, 1.807) is 7.11 Å². The van der Waals surface area contributed by atoms with Crippen molar-refractivity contribution in [2.75, 3.05) is 13.7 Å². The highest BCUT2D eigenvalue weighted by molar-refractivity contribution is 5.80. The van der Waals surface area contributed by atoms with Crippen LogP contribution in [0.1, 0.15) is 24.8 Å². The van der Waals surface area contributed by atoms with Crippen LogP contribution >= 0.6 is 0 Å². The molecule has 2 atom stereocenters. The Morgan fingerprint density at radius 3 is 2.82 bits per heavy atom. The maximum atomic E-state index is 11.6. The molecular formula is C14H17NO2. The molecule has 0 aromatic heterocycles. The minimum absolute atomic E-state index is 0.171. The number of nitrogens with one attached hydrogen (secondary N) is 1. The minimum Gasteiger partial charge on any atom is -0.497 e. The zero-order chi connectivity index (χ0) is 11.9. The minimum atomic E-state index is 0.171. The van der Waals surface area contributed by atoms with Crippen LogP contribution in [-0.2, 0) is 10.2 Å². The average molecular weight is 231 g/mol. The molecule has 2 unspecified atom stereocenters. The number of rotatable bonds is 2. The number of carbonyl (C=O) groups excluding carboxylic acids is 1. The van der Waals surface area contributed by atoms with Crippen LogP contribution in [-0.4, -0.2) is 19.6 Å². The Hall–Kier alpha value is -1.51. The lowest BCUT2D eigenvalue weighted by molar-refractivity contribution is -0.126. The van der Waals surface area contributed by atoms with Crippen molar-refractivity contribution in [2.24, 2.45) is 5.92 Å². The SMILES string of the molecule is COc1ccc(C23CCC(C2)C(=O)NC3)cc1. The molecule has 1 heterocycles. The molecule has 90 valence electrons. The number of piperidine rings is 1. The molecule has 1 N–H and O–H groups in total. The second-order valence-electron chi connectivity index (χ2n) is 5.17. The van der Waals surface area contributed by atoms with Crippen LogP contribution in [0.2, 0.25) is 0 Å². The summed E-state index contributed by atoms with van der Waals surface area (Å²) >= 11 is 0. The number of hydrogen-bond donors (Lipinski definition) is 1. The Kier molecular flexibility index (Phi) is 2.35. The third-order valence-electron chi connectivity index (χ3n) is 4.28. The zero-order valence-corrected chi connectivity index (χ0v) is 10.0.